The average Bonchev–Trinajstić information content (AvgIpc) is 2.86. The fraction of sp³-hybridized carbons (Fsp3) is 0.286. The highest BCUT2D eigenvalue weighted by Crippen LogP contribution is 2.29. The molecule has 0 atom stereocenters. The molecule has 0 aliphatic carbocycles. The number of pyridine rings is 1. The number of carbonyl (C=O) groups excluding carboxylic acids is 1. The Kier molecular flexibility index (Phi) is 5.25. The molecule has 8 nitrogen and oxygen atoms in total. The van der Waals surface area contributed by atoms with Crippen LogP contribution in [0, 0.1) is 6.92 Å². The van der Waals surface area contributed by atoms with E-state index in [9.17, 15) is 22.8 Å². The second-order valence-electron chi connectivity index (χ2n) is 5.01. The number of nitrogens with one attached hydrogen (secondary N) is 2. The number of carboxylic acids is 1. The third-order valence-corrected chi connectivity index (χ3v) is 2.99. The number of alkyl halides is 3. The Bertz CT molecular complexity index is 771. The molecule has 25 heavy (non-hydrogen) atoms. The van der Waals surface area contributed by atoms with Gasteiger partial charge in [0.25, 0.3) is 0 Å². The molecule has 2 aromatic heterocycles. The Morgan fingerprint density at radius 3 is 2.60 bits per heavy atom. The lowest BCUT2D eigenvalue weighted by molar-refractivity contribution is -0.138. The lowest BCUT2D eigenvalue weighted by Gasteiger charge is -2.10. The molecule has 11 heteroatoms. The molecule has 2 amide bonds. The lowest BCUT2D eigenvalue weighted by Crippen LogP contribution is -2.31. The van der Waals surface area contributed by atoms with Crippen LogP contribution in [0.2, 0.25) is 0 Å². The molecular formula is C14H14F3N5O3. The van der Waals surface area contributed by atoms with Gasteiger partial charge >= 0.3 is 18.2 Å². The van der Waals surface area contributed by atoms with Gasteiger partial charge in [0.1, 0.15) is 5.82 Å². The maximum absolute atomic E-state index is 12.6. The predicted molar refractivity (Wildman–Crippen MR) is 80.4 cm³/mol. The van der Waals surface area contributed by atoms with Crippen molar-refractivity contribution in [1.82, 2.24) is 20.1 Å². The third-order valence-electron chi connectivity index (χ3n) is 2.99. The minimum absolute atomic E-state index is 0.0766. The second-order valence-corrected chi connectivity index (χ2v) is 5.01. The highest BCUT2D eigenvalue weighted by molar-refractivity contribution is 5.88. The molecule has 2 rings (SSSR count). The number of nitrogens with zero attached hydrogens (tertiary/aromatic N) is 3. The molecule has 0 aliphatic rings. The van der Waals surface area contributed by atoms with Crippen LogP contribution in [0.4, 0.5) is 23.8 Å². The van der Waals surface area contributed by atoms with Gasteiger partial charge in [0.15, 0.2) is 5.82 Å². The summed E-state index contributed by atoms with van der Waals surface area (Å²) in [5.74, 6) is -0.797. The van der Waals surface area contributed by atoms with Crippen molar-refractivity contribution in [1.29, 1.82) is 0 Å². The Morgan fingerprint density at radius 1 is 1.32 bits per heavy atom. The summed E-state index contributed by atoms with van der Waals surface area (Å²) in [5.41, 5.74) is -0.399. The molecule has 0 aliphatic heterocycles. The number of aliphatic carboxylic acids is 1. The molecule has 0 radical (unpaired) electrons. The number of rotatable bonds is 5. The number of halogens is 3. The Morgan fingerprint density at radius 2 is 2.04 bits per heavy atom. The number of carboxylic acid groups (broad SMARTS) is 1. The summed E-state index contributed by atoms with van der Waals surface area (Å²) in [6.45, 7) is 1.56. The first-order valence-corrected chi connectivity index (χ1v) is 7.04. The Hall–Kier alpha value is -3.11. The summed E-state index contributed by atoms with van der Waals surface area (Å²) in [5, 5.41) is 17.4. The molecule has 0 spiro atoms. The molecule has 0 unspecified atom stereocenters. The molecule has 0 aromatic carbocycles. The van der Waals surface area contributed by atoms with Crippen molar-refractivity contribution in [3.05, 3.63) is 35.7 Å². The van der Waals surface area contributed by atoms with Crippen LogP contribution in [0.3, 0.4) is 0 Å². The monoisotopic (exact) mass is 357 g/mol. The molecular weight excluding hydrogens is 343 g/mol. The first-order chi connectivity index (χ1) is 11.7. The summed E-state index contributed by atoms with van der Waals surface area (Å²) in [6, 6.07) is 2.81. The Balaban J connectivity index is 2.15. The van der Waals surface area contributed by atoms with Gasteiger partial charge in [-0.15, -0.1) is 0 Å². The topological polar surface area (TPSA) is 109 Å². The van der Waals surface area contributed by atoms with E-state index in [1.165, 1.54) is 10.7 Å². The zero-order valence-electron chi connectivity index (χ0n) is 13.0. The second kappa shape index (κ2) is 7.20. The average molecular weight is 357 g/mol. The van der Waals surface area contributed by atoms with Gasteiger partial charge in [0.05, 0.1) is 17.7 Å². The molecule has 2 aromatic rings. The van der Waals surface area contributed by atoms with Crippen molar-refractivity contribution in [3.63, 3.8) is 0 Å². The summed E-state index contributed by atoms with van der Waals surface area (Å²) >= 11 is 0. The first kappa shape index (κ1) is 18.2. The number of amides is 2. The maximum atomic E-state index is 12.6. The number of aryl methyl sites for hydroxylation is 1. The van der Waals surface area contributed by atoms with Gasteiger partial charge in [0, 0.05) is 18.8 Å². The van der Waals surface area contributed by atoms with Gasteiger partial charge < -0.3 is 10.4 Å². The third kappa shape index (κ3) is 4.93. The fourth-order valence-corrected chi connectivity index (χ4v) is 1.89. The zero-order chi connectivity index (χ0) is 18.6. The molecule has 0 saturated heterocycles. The molecule has 0 fully saturated rings. The number of aromatic nitrogens is 3. The molecule has 0 saturated carbocycles. The van der Waals surface area contributed by atoms with E-state index in [1.54, 1.807) is 6.92 Å². The van der Waals surface area contributed by atoms with Crippen molar-refractivity contribution < 1.29 is 27.9 Å². The normalized spacial score (nSPS) is 11.2. The minimum atomic E-state index is -4.50. The highest BCUT2D eigenvalue weighted by atomic mass is 19.4. The van der Waals surface area contributed by atoms with E-state index in [0.29, 0.717) is 11.9 Å². The number of urea groups is 1. The van der Waals surface area contributed by atoms with Crippen molar-refractivity contribution in [2.24, 2.45) is 0 Å². The molecule has 3 N–H and O–H groups in total. The minimum Gasteiger partial charge on any atom is -0.481 e. The van der Waals surface area contributed by atoms with Crippen LogP contribution in [-0.4, -0.2) is 38.4 Å². The Labute approximate surface area is 139 Å². The van der Waals surface area contributed by atoms with E-state index in [2.05, 4.69) is 20.7 Å². The number of hydrogen-bond donors (Lipinski definition) is 3. The van der Waals surface area contributed by atoms with Gasteiger partial charge in [-0.25, -0.2) is 9.78 Å². The standard InChI is InChI=1S/C14H14F3N5O3/c1-8-6-11(20-13(25)18-5-4-12(23)24)22(21-8)10-3-2-9(7-19-10)14(15,16)17/h2-3,6-7H,4-5H2,1H3,(H,23,24)(H2,18,20,25). The van der Waals surface area contributed by atoms with Crippen LogP contribution in [0.25, 0.3) is 5.82 Å². The van der Waals surface area contributed by atoms with Crippen molar-refractivity contribution >= 4 is 17.8 Å². The quantitative estimate of drug-likeness (QED) is 0.760. The molecule has 0 bridgehead atoms. The van der Waals surface area contributed by atoms with E-state index in [0.717, 1.165) is 12.1 Å². The first-order valence-electron chi connectivity index (χ1n) is 7.04. The smallest absolute Gasteiger partial charge is 0.417 e. The SMILES string of the molecule is Cc1cc(NC(=O)NCCC(=O)O)n(-c2ccc(C(F)(F)F)cn2)n1. The zero-order valence-corrected chi connectivity index (χ0v) is 13.0. The summed E-state index contributed by atoms with van der Waals surface area (Å²) in [4.78, 5) is 25.9. The van der Waals surface area contributed by atoms with E-state index in [-0.39, 0.29) is 24.6 Å². The van der Waals surface area contributed by atoms with Gasteiger partial charge in [0.2, 0.25) is 0 Å². The van der Waals surface area contributed by atoms with E-state index in [1.807, 2.05) is 0 Å². The largest absolute Gasteiger partial charge is 0.481 e. The van der Waals surface area contributed by atoms with Crippen molar-refractivity contribution in [2.45, 2.75) is 19.5 Å². The van der Waals surface area contributed by atoms with E-state index < -0.39 is 23.7 Å². The van der Waals surface area contributed by atoms with E-state index in [4.69, 9.17) is 5.11 Å². The maximum Gasteiger partial charge on any atom is 0.417 e. The summed E-state index contributed by atoms with van der Waals surface area (Å²) in [7, 11) is 0. The van der Waals surface area contributed by atoms with Gasteiger partial charge in [-0.2, -0.15) is 23.0 Å². The number of anilines is 1. The number of carbonyl (C=O) groups is 2. The van der Waals surface area contributed by atoms with Crippen molar-refractivity contribution in [2.75, 3.05) is 11.9 Å². The number of hydrogen-bond acceptors (Lipinski definition) is 4. The van der Waals surface area contributed by atoms with Crippen molar-refractivity contribution in [3.8, 4) is 5.82 Å². The summed E-state index contributed by atoms with van der Waals surface area (Å²) in [6.07, 6.45) is -4.08. The lowest BCUT2D eigenvalue weighted by atomic mass is 10.3. The summed E-state index contributed by atoms with van der Waals surface area (Å²) < 4.78 is 38.9. The van der Waals surface area contributed by atoms with Crippen LogP contribution in [-0.2, 0) is 11.0 Å². The predicted octanol–water partition coefficient (Wildman–Crippen LogP) is 2.19. The van der Waals surface area contributed by atoms with Crippen LogP contribution >= 0.6 is 0 Å². The fourth-order valence-electron chi connectivity index (χ4n) is 1.89. The van der Waals surface area contributed by atoms with Crippen LogP contribution in [0.1, 0.15) is 17.7 Å². The van der Waals surface area contributed by atoms with Gasteiger partial charge in [-0.3, -0.25) is 10.1 Å². The molecule has 134 valence electrons. The van der Waals surface area contributed by atoms with Gasteiger partial charge in [-0.05, 0) is 19.1 Å². The highest BCUT2D eigenvalue weighted by Gasteiger charge is 2.30. The van der Waals surface area contributed by atoms with Crippen LogP contribution in [0.5, 0.6) is 0 Å². The van der Waals surface area contributed by atoms with Crippen LogP contribution in [0.15, 0.2) is 24.4 Å². The van der Waals surface area contributed by atoms with E-state index >= 15 is 0 Å². The van der Waals surface area contributed by atoms with Gasteiger partial charge in [-0.1, -0.05) is 0 Å². The van der Waals surface area contributed by atoms with Crippen LogP contribution < -0.4 is 10.6 Å². The molecule has 2 heterocycles.